The van der Waals surface area contributed by atoms with Crippen LogP contribution in [0.25, 0.3) is 0 Å². The lowest BCUT2D eigenvalue weighted by atomic mass is 10.1. The van der Waals surface area contributed by atoms with Crippen LogP contribution in [-0.2, 0) is 19.2 Å². The van der Waals surface area contributed by atoms with Crippen molar-refractivity contribution < 1.29 is 28.7 Å². The number of rotatable bonds is 8. The maximum atomic E-state index is 13.2. The van der Waals surface area contributed by atoms with Gasteiger partial charge in [-0.25, -0.2) is 4.90 Å². The van der Waals surface area contributed by atoms with Crippen LogP contribution in [0.15, 0.2) is 54.6 Å². The first-order valence-corrected chi connectivity index (χ1v) is 10.5. The molecule has 3 amide bonds. The maximum absolute atomic E-state index is 13.2. The number of nitrogens with zero attached hydrogens (tertiary/aromatic N) is 2. The van der Waals surface area contributed by atoms with Gasteiger partial charge in [-0.3, -0.25) is 19.2 Å². The zero-order chi connectivity index (χ0) is 23.3. The third-order valence-electron chi connectivity index (χ3n) is 5.27. The first-order valence-electron chi connectivity index (χ1n) is 10.5. The summed E-state index contributed by atoms with van der Waals surface area (Å²) in [6.07, 6.45) is 0.512. The van der Waals surface area contributed by atoms with E-state index >= 15 is 0 Å². The molecule has 2 aromatic rings. The number of hydrogen-bond donors (Lipinski definition) is 0. The second-order valence-corrected chi connectivity index (χ2v) is 7.53. The summed E-state index contributed by atoms with van der Waals surface area (Å²) in [4.78, 5) is 52.6. The highest BCUT2D eigenvalue weighted by atomic mass is 16.5. The van der Waals surface area contributed by atoms with E-state index in [1.54, 1.807) is 24.3 Å². The van der Waals surface area contributed by atoms with Crippen LogP contribution in [-0.4, -0.2) is 47.3 Å². The molecule has 0 saturated carbocycles. The summed E-state index contributed by atoms with van der Waals surface area (Å²) in [6.45, 7) is 4.81. The molecule has 1 heterocycles. The summed E-state index contributed by atoms with van der Waals surface area (Å²) in [5, 5.41) is 0. The first kappa shape index (κ1) is 23.0. The normalized spacial score (nSPS) is 16.6. The lowest BCUT2D eigenvalue weighted by molar-refractivity contribution is -0.142. The fraction of sp³-hybridized carbons (Fsp3) is 0.333. The molecule has 3 rings (SSSR count). The summed E-state index contributed by atoms with van der Waals surface area (Å²) in [6, 6.07) is 13.9. The fourth-order valence-electron chi connectivity index (χ4n) is 3.59. The van der Waals surface area contributed by atoms with Crippen molar-refractivity contribution >= 4 is 29.4 Å². The van der Waals surface area contributed by atoms with Gasteiger partial charge in [0.25, 0.3) is 11.8 Å². The van der Waals surface area contributed by atoms with E-state index in [4.69, 9.17) is 9.47 Å². The minimum absolute atomic E-state index is 0.105. The van der Waals surface area contributed by atoms with Gasteiger partial charge in [0.05, 0.1) is 12.1 Å². The molecule has 1 saturated heterocycles. The molecule has 168 valence electrons. The Morgan fingerprint density at radius 2 is 1.72 bits per heavy atom. The highest BCUT2D eigenvalue weighted by Crippen LogP contribution is 2.29. The Labute approximate surface area is 186 Å². The third kappa shape index (κ3) is 5.14. The summed E-state index contributed by atoms with van der Waals surface area (Å²) < 4.78 is 10.6. The monoisotopic (exact) mass is 438 g/mol. The van der Waals surface area contributed by atoms with E-state index in [1.165, 1.54) is 36.1 Å². The van der Waals surface area contributed by atoms with Crippen LogP contribution in [0.2, 0.25) is 0 Å². The van der Waals surface area contributed by atoms with Crippen LogP contribution in [0.1, 0.15) is 33.6 Å². The van der Waals surface area contributed by atoms with Crippen LogP contribution in [0.3, 0.4) is 0 Å². The number of anilines is 1. The SMILES string of the molecule is CCC(C)N(C(=O)COc1ccccc1)C1CC(=O)N(c2ccc(OC(C)=O)cc2)C1=O. The molecule has 8 heteroatoms. The lowest BCUT2D eigenvalue weighted by Gasteiger charge is -2.32. The van der Waals surface area contributed by atoms with E-state index in [0.29, 0.717) is 23.6 Å². The van der Waals surface area contributed by atoms with Gasteiger partial charge in [0.1, 0.15) is 17.5 Å². The van der Waals surface area contributed by atoms with E-state index < -0.39 is 23.8 Å². The van der Waals surface area contributed by atoms with Gasteiger partial charge in [0, 0.05) is 13.0 Å². The number of benzene rings is 2. The van der Waals surface area contributed by atoms with Crippen molar-refractivity contribution in [2.45, 2.75) is 45.7 Å². The van der Waals surface area contributed by atoms with E-state index in [9.17, 15) is 19.2 Å². The minimum atomic E-state index is -0.905. The molecule has 2 unspecified atom stereocenters. The quantitative estimate of drug-likeness (QED) is 0.357. The topological polar surface area (TPSA) is 93.2 Å². The average molecular weight is 438 g/mol. The molecule has 0 aromatic heterocycles. The molecular formula is C24H26N2O6. The molecule has 0 N–H and O–H groups in total. The standard InChI is InChI=1S/C24H26N2O6/c1-4-16(2)25(23(29)15-31-19-8-6-5-7-9-19)21-14-22(28)26(24(21)30)18-10-12-20(13-11-18)32-17(3)27/h5-13,16,21H,4,14-15H2,1-3H3. The zero-order valence-electron chi connectivity index (χ0n) is 18.3. The molecule has 1 fully saturated rings. The van der Waals surface area contributed by atoms with Gasteiger partial charge in [-0.05, 0) is 49.7 Å². The van der Waals surface area contributed by atoms with Crippen molar-refractivity contribution in [2.75, 3.05) is 11.5 Å². The molecule has 0 aliphatic carbocycles. The van der Waals surface area contributed by atoms with Crippen LogP contribution in [0, 0.1) is 0 Å². The number of hydrogen-bond acceptors (Lipinski definition) is 6. The van der Waals surface area contributed by atoms with E-state index in [0.717, 1.165) is 4.90 Å². The van der Waals surface area contributed by atoms with Crippen molar-refractivity contribution in [3.05, 3.63) is 54.6 Å². The number of imide groups is 1. The van der Waals surface area contributed by atoms with Crippen molar-refractivity contribution in [3.8, 4) is 11.5 Å². The number of carbonyl (C=O) groups is 4. The number of esters is 1. The van der Waals surface area contributed by atoms with Gasteiger partial charge >= 0.3 is 5.97 Å². The largest absolute Gasteiger partial charge is 0.484 e. The van der Waals surface area contributed by atoms with E-state index in [1.807, 2.05) is 19.9 Å². The summed E-state index contributed by atoms with van der Waals surface area (Å²) in [7, 11) is 0. The summed E-state index contributed by atoms with van der Waals surface area (Å²) in [5.41, 5.74) is 0.357. The van der Waals surface area contributed by atoms with E-state index in [2.05, 4.69) is 0 Å². The Morgan fingerprint density at radius 3 is 2.31 bits per heavy atom. The molecule has 2 atom stereocenters. The Hall–Kier alpha value is -3.68. The van der Waals surface area contributed by atoms with Crippen LogP contribution in [0.4, 0.5) is 5.69 Å². The molecule has 1 aliphatic heterocycles. The Morgan fingerprint density at radius 1 is 1.06 bits per heavy atom. The number of carbonyl (C=O) groups excluding carboxylic acids is 4. The Balaban J connectivity index is 1.77. The minimum Gasteiger partial charge on any atom is -0.484 e. The Bertz CT molecular complexity index is 989. The second-order valence-electron chi connectivity index (χ2n) is 7.53. The molecule has 0 radical (unpaired) electrons. The fourth-order valence-corrected chi connectivity index (χ4v) is 3.59. The van der Waals surface area contributed by atoms with Gasteiger partial charge in [-0.15, -0.1) is 0 Å². The van der Waals surface area contributed by atoms with Crippen molar-refractivity contribution in [1.29, 1.82) is 0 Å². The van der Waals surface area contributed by atoms with Crippen molar-refractivity contribution in [2.24, 2.45) is 0 Å². The first-order chi connectivity index (χ1) is 15.3. The molecule has 0 spiro atoms. The molecule has 2 aromatic carbocycles. The smallest absolute Gasteiger partial charge is 0.308 e. The second kappa shape index (κ2) is 10.1. The van der Waals surface area contributed by atoms with Crippen molar-refractivity contribution in [1.82, 2.24) is 4.90 Å². The summed E-state index contributed by atoms with van der Waals surface area (Å²) >= 11 is 0. The molecule has 32 heavy (non-hydrogen) atoms. The lowest BCUT2D eigenvalue weighted by Crippen LogP contribution is -2.51. The Kier molecular flexibility index (Phi) is 7.25. The molecule has 8 nitrogen and oxygen atoms in total. The van der Waals surface area contributed by atoms with Crippen molar-refractivity contribution in [3.63, 3.8) is 0 Å². The maximum Gasteiger partial charge on any atom is 0.308 e. The molecular weight excluding hydrogens is 412 g/mol. The highest BCUT2D eigenvalue weighted by Gasteiger charge is 2.45. The van der Waals surface area contributed by atoms with Gasteiger partial charge in [-0.2, -0.15) is 0 Å². The van der Waals surface area contributed by atoms with Gasteiger partial charge in [-0.1, -0.05) is 25.1 Å². The predicted molar refractivity (Wildman–Crippen MR) is 117 cm³/mol. The molecule has 1 aliphatic rings. The van der Waals surface area contributed by atoms with Crippen LogP contribution >= 0.6 is 0 Å². The average Bonchev–Trinajstić information content (AvgIpc) is 3.06. The number of amides is 3. The zero-order valence-corrected chi connectivity index (χ0v) is 18.3. The predicted octanol–water partition coefficient (Wildman–Crippen LogP) is 2.95. The number of ether oxygens (including phenoxy) is 2. The molecule has 0 bridgehead atoms. The van der Waals surface area contributed by atoms with Gasteiger partial charge < -0.3 is 14.4 Å². The number of para-hydroxylation sites is 1. The van der Waals surface area contributed by atoms with Gasteiger partial charge in [0.15, 0.2) is 6.61 Å². The van der Waals surface area contributed by atoms with Crippen LogP contribution in [0.5, 0.6) is 11.5 Å². The third-order valence-corrected chi connectivity index (χ3v) is 5.27. The van der Waals surface area contributed by atoms with Gasteiger partial charge in [0.2, 0.25) is 5.91 Å². The van der Waals surface area contributed by atoms with Crippen LogP contribution < -0.4 is 14.4 Å². The van der Waals surface area contributed by atoms with E-state index in [-0.39, 0.29) is 25.0 Å². The summed E-state index contributed by atoms with van der Waals surface area (Å²) in [5.74, 6) is -0.832. The highest BCUT2D eigenvalue weighted by molar-refractivity contribution is 6.23.